The second-order valence-electron chi connectivity index (χ2n) is 5.27. The van der Waals surface area contributed by atoms with E-state index in [0.717, 1.165) is 0 Å². The topological polar surface area (TPSA) is 91.5 Å². The molecule has 2 amide bonds. The number of nitrogens with zero attached hydrogens (tertiary/aromatic N) is 1. The number of nitrogens with one attached hydrogen (secondary N) is 2. The molecular weight excluding hydrogens is 334 g/mol. The van der Waals surface area contributed by atoms with Crippen LogP contribution in [0.25, 0.3) is 0 Å². The molecular formula is C16H14ClN3O4. The molecule has 0 fully saturated rings. The molecule has 0 saturated carbocycles. The third kappa shape index (κ3) is 3.11. The number of fused-ring (bicyclic) bond motifs is 1. The summed E-state index contributed by atoms with van der Waals surface area (Å²) in [5.41, 5.74) is 1.25. The van der Waals surface area contributed by atoms with Crippen LogP contribution in [0.4, 0.5) is 11.4 Å². The first-order valence-corrected chi connectivity index (χ1v) is 7.58. The Morgan fingerprint density at radius 2 is 2.08 bits per heavy atom. The van der Waals surface area contributed by atoms with Crippen LogP contribution in [-0.4, -0.2) is 35.4 Å². The minimum absolute atomic E-state index is 0.133. The maximum absolute atomic E-state index is 12.6. The van der Waals surface area contributed by atoms with Crippen LogP contribution in [0.2, 0.25) is 5.02 Å². The Bertz CT molecular complexity index is 817. The van der Waals surface area contributed by atoms with Gasteiger partial charge in [0.1, 0.15) is 12.2 Å². The molecule has 8 heteroatoms. The third-order valence-electron chi connectivity index (χ3n) is 3.54. The average molecular weight is 348 g/mol. The molecule has 2 aromatic rings. The molecule has 0 saturated heterocycles. The van der Waals surface area contributed by atoms with E-state index in [4.69, 9.17) is 16.3 Å². The number of amides is 2. The number of carbonyl (C=O) groups is 3. The fourth-order valence-corrected chi connectivity index (χ4v) is 2.57. The first-order chi connectivity index (χ1) is 11.5. The van der Waals surface area contributed by atoms with Crippen LogP contribution in [0.15, 0.2) is 36.5 Å². The minimum atomic E-state index is -1.06. The van der Waals surface area contributed by atoms with E-state index < -0.39 is 18.0 Å². The molecule has 1 aliphatic heterocycles. The summed E-state index contributed by atoms with van der Waals surface area (Å²) in [4.78, 5) is 40.3. The normalized spacial score (nSPS) is 14.6. The summed E-state index contributed by atoms with van der Waals surface area (Å²) in [6, 6.07) is 8.33. The van der Waals surface area contributed by atoms with E-state index in [2.05, 4.69) is 10.3 Å². The molecule has 1 atom stereocenters. The van der Waals surface area contributed by atoms with Crippen LogP contribution in [-0.2, 0) is 14.3 Å². The molecule has 124 valence electrons. The number of rotatable bonds is 3. The summed E-state index contributed by atoms with van der Waals surface area (Å²) >= 11 is 5.74. The first-order valence-electron chi connectivity index (χ1n) is 7.21. The number of halogens is 1. The Kier molecular flexibility index (Phi) is 4.26. The average Bonchev–Trinajstić information content (AvgIpc) is 3.00. The number of H-pyrrole nitrogens is 1. The highest BCUT2D eigenvalue weighted by Gasteiger charge is 2.31. The number of esters is 1. The SMILES string of the molecule is C[C@@H](OC(=O)c1cc(Cl)c[nH]1)C(=O)N1CC(=O)Nc2ccccc21. The highest BCUT2D eigenvalue weighted by molar-refractivity contribution is 6.30. The summed E-state index contributed by atoms with van der Waals surface area (Å²) in [5.74, 6) is -1.49. The van der Waals surface area contributed by atoms with Crippen molar-refractivity contribution in [3.63, 3.8) is 0 Å². The van der Waals surface area contributed by atoms with Crippen molar-refractivity contribution in [3.8, 4) is 0 Å². The predicted octanol–water partition coefficient (Wildman–Crippen LogP) is 2.20. The molecule has 0 bridgehead atoms. The second kappa shape index (κ2) is 6.37. The lowest BCUT2D eigenvalue weighted by Crippen LogP contribution is -2.47. The Labute approximate surface area is 142 Å². The van der Waals surface area contributed by atoms with E-state index in [9.17, 15) is 14.4 Å². The number of aromatic amines is 1. The van der Waals surface area contributed by atoms with Gasteiger partial charge in [0.25, 0.3) is 5.91 Å². The van der Waals surface area contributed by atoms with Gasteiger partial charge in [-0.25, -0.2) is 4.79 Å². The number of aromatic nitrogens is 1. The maximum Gasteiger partial charge on any atom is 0.355 e. The van der Waals surface area contributed by atoms with Gasteiger partial charge in [0.2, 0.25) is 5.91 Å². The summed E-state index contributed by atoms with van der Waals surface area (Å²) in [6.45, 7) is 1.33. The number of benzene rings is 1. The number of hydrogen-bond donors (Lipinski definition) is 2. The largest absolute Gasteiger partial charge is 0.448 e. The van der Waals surface area contributed by atoms with Crippen molar-refractivity contribution in [2.45, 2.75) is 13.0 Å². The molecule has 3 rings (SSSR count). The van der Waals surface area contributed by atoms with Crippen molar-refractivity contribution in [1.29, 1.82) is 0 Å². The zero-order chi connectivity index (χ0) is 17.3. The Balaban J connectivity index is 1.76. The Morgan fingerprint density at radius 3 is 2.79 bits per heavy atom. The van der Waals surface area contributed by atoms with Gasteiger partial charge in [-0.05, 0) is 25.1 Å². The highest BCUT2D eigenvalue weighted by Crippen LogP contribution is 2.29. The summed E-state index contributed by atoms with van der Waals surface area (Å²) < 4.78 is 5.16. The van der Waals surface area contributed by atoms with Gasteiger partial charge in [-0.3, -0.25) is 14.5 Å². The van der Waals surface area contributed by atoms with E-state index in [1.54, 1.807) is 24.3 Å². The van der Waals surface area contributed by atoms with Crippen LogP contribution in [0.1, 0.15) is 17.4 Å². The fourth-order valence-electron chi connectivity index (χ4n) is 2.41. The van der Waals surface area contributed by atoms with E-state index >= 15 is 0 Å². The van der Waals surface area contributed by atoms with Gasteiger partial charge < -0.3 is 15.0 Å². The van der Waals surface area contributed by atoms with Crippen molar-refractivity contribution >= 4 is 40.8 Å². The Hall–Kier alpha value is -2.80. The van der Waals surface area contributed by atoms with E-state index in [-0.39, 0.29) is 18.1 Å². The lowest BCUT2D eigenvalue weighted by molar-refractivity contribution is -0.128. The van der Waals surface area contributed by atoms with E-state index in [1.165, 1.54) is 24.1 Å². The van der Waals surface area contributed by atoms with Crippen molar-refractivity contribution in [1.82, 2.24) is 4.98 Å². The highest BCUT2D eigenvalue weighted by atomic mass is 35.5. The van der Waals surface area contributed by atoms with Crippen LogP contribution >= 0.6 is 11.6 Å². The van der Waals surface area contributed by atoms with Gasteiger partial charge in [-0.15, -0.1) is 0 Å². The fraction of sp³-hybridized carbons (Fsp3) is 0.188. The molecule has 1 aromatic heterocycles. The molecule has 1 aromatic carbocycles. The maximum atomic E-state index is 12.6. The molecule has 0 spiro atoms. The summed E-state index contributed by atoms with van der Waals surface area (Å²) in [7, 11) is 0. The van der Waals surface area contributed by atoms with Gasteiger partial charge in [0.05, 0.1) is 16.4 Å². The molecule has 2 heterocycles. The number of anilines is 2. The molecule has 2 N–H and O–H groups in total. The zero-order valence-electron chi connectivity index (χ0n) is 12.7. The first kappa shape index (κ1) is 16.1. The van der Waals surface area contributed by atoms with Gasteiger partial charge in [0.15, 0.2) is 6.10 Å². The molecule has 0 unspecified atom stereocenters. The second-order valence-corrected chi connectivity index (χ2v) is 5.71. The number of para-hydroxylation sites is 2. The van der Waals surface area contributed by atoms with Crippen molar-refractivity contribution < 1.29 is 19.1 Å². The molecule has 7 nitrogen and oxygen atoms in total. The lowest BCUT2D eigenvalue weighted by atomic mass is 10.1. The van der Waals surface area contributed by atoms with Crippen LogP contribution in [0, 0.1) is 0 Å². The number of hydrogen-bond acceptors (Lipinski definition) is 4. The standard InChI is InChI=1S/C16H14ClN3O4/c1-9(24-16(23)12-6-10(17)7-18-12)15(22)20-8-14(21)19-11-4-2-3-5-13(11)20/h2-7,9,18H,8H2,1H3,(H,19,21)/t9-/m1/s1. The molecule has 1 aliphatic rings. The van der Waals surface area contributed by atoms with Gasteiger partial charge >= 0.3 is 5.97 Å². The van der Waals surface area contributed by atoms with Gasteiger partial charge in [-0.1, -0.05) is 23.7 Å². The van der Waals surface area contributed by atoms with E-state index in [1.807, 2.05) is 0 Å². The molecule has 0 radical (unpaired) electrons. The minimum Gasteiger partial charge on any atom is -0.448 e. The summed E-state index contributed by atoms with van der Waals surface area (Å²) in [6.07, 6.45) is 0.383. The van der Waals surface area contributed by atoms with Crippen LogP contribution in [0.3, 0.4) is 0 Å². The van der Waals surface area contributed by atoms with Gasteiger partial charge in [-0.2, -0.15) is 0 Å². The zero-order valence-corrected chi connectivity index (χ0v) is 13.5. The third-order valence-corrected chi connectivity index (χ3v) is 3.75. The van der Waals surface area contributed by atoms with Crippen LogP contribution in [0.5, 0.6) is 0 Å². The number of ether oxygens (including phenoxy) is 1. The van der Waals surface area contributed by atoms with Crippen molar-refractivity contribution in [2.24, 2.45) is 0 Å². The van der Waals surface area contributed by atoms with Crippen molar-refractivity contribution in [3.05, 3.63) is 47.2 Å². The van der Waals surface area contributed by atoms with Crippen LogP contribution < -0.4 is 10.2 Å². The Morgan fingerprint density at radius 1 is 1.33 bits per heavy atom. The summed E-state index contributed by atoms with van der Waals surface area (Å²) in [5, 5.41) is 3.06. The smallest absolute Gasteiger partial charge is 0.355 e. The van der Waals surface area contributed by atoms with E-state index in [0.29, 0.717) is 16.4 Å². The number of carbonyl (C=O) groups excluding carboxylic acids is 3. The van der Waals surface area contributed by atoms with Crippen molar-refractivity contribution in [2.75, 3.05) is 16.8 Å². The quantitative estimate of drug-likeness (QED) is 0.833. The molecule has 0 aliphatic carbocycles. The predicted molar refractivity (Wildman–Crippen MR) is 88.1 cm³/mol. The molecule has 24 heavy (non-hydrogen) atoms. The van der Waals surface area contributed by atoms with Gasteiger partial charge in [0, 0.05) is 6.20 Å². The lowest BCUT2D eigenvalue weighted by Gasteiger charge is -2.30. The monoisotopic (exact) mass is 347 g/mol.